The summed E-state index contributed by atoms with van der Waals surface area (Å²) in [7, 11) is 0. The van der Waals surface area contributed by atoms with Crippen LogP contribution < -0.4 is 10.6 Å². The molecule has 0 unspecified atom stereocenters. The summed E-state index contributed by atoms with van der Waals surface area (Å²) in [6, 6.07) is -0.466. The summed E-state index contributed by atoms with van der Waals surface area (Å²) in [5.41, 5.74) is 0. The Morgan fingerprint density at radius 2 is 0.676 bits per heavy atom. The van der Waals surface area contributed by atoms with Crippen LogP contribution in [0, 0.1) is 47.3 Å². The normalized spacial score (nSPS) is 14.4. The first-order valence-electron chi connectivity index (χ1n) is 13.3. The quantitative estimate of drug-likeness (QED) is 0.240. The second-order valence-corrected chi connectivity index (χ2v) is 12.1. The highest BCUT2D eigenvalue weighted by atomic mass is 16.4. The van der Waals surface area contributed by atoms with Gasteiger partial charge in [0.2, 0.25) is 0 Å². The van der Waals surface area contributed by atoms with Crippen molar-refractivity contribution in [3.63, 3.8) is 0 Å². The summed E-state index contributed by atoms with van der Waals surface area (Å²) in [6.45, 7) is 29.9. The van der Waals surface area contributed by atoms with Gasteiger partial charge in [-0.1, -0.05) is 83.1 Å². The molecule has 6 nitrogen and oxygen atoms in total. The van der Waals surface area contributed by atoms with Crippen LogP contribution in [0.1, 0.15) is 96.9 Å². The predicted octanol–water partition coefficient (Wildman–Crippen LogP) is 6.00. The van der Waals surface area contributed by atoms with Gasteiger partial charge >= 0.3 is 11.9 Å². The fourth-order valence-corrected chi connectivity index (χ4v) is 5.55. The lowest BCUT2D eigenvalue weighted by Gasteiger charge is -2.43. The first-order valence-corrected chi connectivity index (χ1v) is 13.3. The first kappa shape index (κ1) is 35.0. The van der Waals surface area contributed by atoms with Crippen LogP contribution in [0.25, 0.3) is 0 Å². The molecule has 0 bridgehead atoms. The van der Waals surface area contributed by atoms with Gasteiger partial charge < -0.3 is 20.8 Å². The van der Waals surface area contributed by atoms with E-state index in [1.807, 2.05) is 0 Å². The first-order chi connectivity index (χ1) is 15.4. The summed E-state index contributed by atoms with van der Waals surface area (Å²) in [4.78, 5) is 21.9. The van der Waals surface area contributed by atoms with E-state index >= 15 is 0 Å². The van der Waals surface area contributed by atoms with E-state index in [9.17, 15) is 14.7 Å². The highest BCUT2D eigenvalue weighted by Gasteiger charge is 2.37. The van der Waals surface area contributed by atoms with Gasteiger partial charge in [-0.3, -0.25) is 9.59 Å². The van der Waals surface area contributed by atoms with Crippen molar-refractivity contribution in [3.05, 3.63) is 0 Å². The van der Waals surface area contributed by atoms with Gasteiger partial charge in [0, 0.05) is 12.1 Å². The molecule has 0 fully saturated rings. The number of hydrogen-bond donors (Lipinski definition) is 4. The Kier molecular flexibility index (Phi) is 17.0. The molecule has 6 heteroatoms. The van der Waals surface area contributed by atoms with E-state index in [0.29, 0.717) is 47.3 Å². The molecule has 0 aromatic rings. The Morgan fingerprint density at radius 3 is 0.853 bits per heavy atom. The Balaban J connectivity index is 0. The van der Waals surface area contributed by atoms with Crippen LogP contribution in [0.15, 0.2) is 0 Å². The van der Waals surface area contributed by atoms with E-state index in [-0.39, 0.29) is 12.1 Å². The van der Waals surface area contributed by atoms with Crippen LogP contribution in [-0.2, 0) is 9.59 Å². The number of rotatable bonds is 14. The summed E-state index contributed by atoms with van der Waals surface area (Å²) >= 11 is 0. The zero-order chi connectivity index (χ0) is 27.5. The van der Waals surface area contributed by atoms with Gasteiger partial charge in [-0.15, -0.1) is 0 Å². The molecule has 204 valence electrons. The molecule has 0 aliphatic heterocycles. The molecule has 0 aliphatic carbocycles. The van der Waals surface area contributed by atoms with Crippen molar-refractivity contribution in [1.29, 1.82) is 0 Å². The summed E-state index contributed by atoms with van der Waals surface area (Å²) in [6.07, 6.45) is 0. The smallest absolute Gasteiger partial charge is 0.320 e. The molecular weight excluding hydrogens is 428 g/mol. The van der Waals surface area contributed by atoms with E-state index in [0.717, 1.165) is 0 Å². The molecule has 0 spiro atoms. The molecule has 4 N–H and O–H groups in total. The SMILES string of the molecule is CC(C)C(C(C)C)C(N[C@H](C)C(=O)O)C(C(C)C)C(C)C.CC(C)C(N[C@H](C)C(=O)O)C(C)C. The number of carboxylic acids is 2. The fraction of sp³-hybridized carbons (Fsp3) is 0.929. The monoisotopic (exact) mass is 486 g/mol. The lowest BCUT2D eigenvalue weighted by atomic mass is 9.68. The van der Waals surface area contributed by atoms with Gasteiger partial charge in [0.1, 0.15) is 12.1 Å². The van der Waals surface area contributed by atoms with Gasteiger partial charge in [-0.25, -0.2) is 0 Å². The number of carbonyl (C=O) groups is 2. The number of nitrogens with one attached hydrogen (secondary N) is 2. The second-order valence-electron chi connectivity index (χ2n) is 12.1. The van der Waals surface area contributed by atoms with Crippen molar-refractivity contribution >= 4 is 11.9 Å². The lowest BCUT2D eigenvalue weighted by molar-refractivity contribution is -0.140. The van der Waals surface area contributed by atoms with Gasteiger partial charge in [0.25, 0.3) is 0 Å². The lowest BCUT2D eigenvalue weighted by Crippen LogP contribution is -2.54. The summed E-state index contributed by atoms with van der Waals surface area (Å²) in [5, 5.41) is 24.6. The molecule has 0 rings (SSSR count). The van der Waals surface area contributed by atoms with E-state index < -0.39 is 24.0 Å². The molecule has 0 aromatic heterocycles. The van der Waals surface area contributed by atoms with Crippen molar-refractivity contribution in [2.75, 3.05) is 0 Å². The summed E-state index contributed by atoms with van der Waals surface area (Å²) in [5.74, 6) is 2.44. The van der Waals surface area contributed by atoms with Crippen molar-refractivity contribution in [2.45, 2.75) is 121 Å². The minimum Gasteiger partial charge on any atom is -0.480 e. The number of carboxylic acid groups (broad SMARTS) is 2. The topological polar surface area (TPSA) is 98.7 Å². The third-order valence-electron chi connectivity index (χ3n) is 6.97. The maximum Gasteiger partial charge on any atom is 0.320 e. The standard InChI is InChI=1S/C18H37NO2.C10H21NO2/c1-10(2)15(11(3)4)17(19-14(9)18(20)21)16(12(5)6)13(7)8;1-6(2)9(7(3)4)11-8(5)10(12)13/h10-17,19H,1-9H3,(H,20,21);6-9,11H,1-5H3,(H,12,13)/t14-;8-/m11/s1. The highest BCUT2D eigenvalue weighted by Crippen LogP contribution is 2.35. The fourth-order valence-electron chi connectivity index (χ4n) is 5.55. The molecule has 0 saturated carbocycles. The van der Waals surface area contributed by atoms with E-state index in [2.05, 4.69) is 93.7 Å². The minimum atomic E-state index is -0.786. The van der Waals surface area contributed by atoms with Gasteiger partial charge in [-0.05, 0) is 61.2 Å². The minimum absolute atomic E-state index is 0.232. The van der Waals surface area contributed by atoms with Crippen molar-refractivity contribution in [2.24, 2.45) is 47.3 Å². The second kappa shape index (κ2) is 16.5. The maximum absolute atomic E-state index is 11.3. The zero-order valence-corrected chi connectivity index (χ0v) is 24.6. The maximum atomic E-state index is 11.3. The Morgan fingerprint density at radius 1 is 0.441 bits per heavy atom. The third-order valence-corrected chi connectivity index (χ3v) is 6.97. The van der Waals surface area contributed by atoms with Gasteiger partial charge in [-0.2, -0.15) is 0 Å². The summed E-state index contributed by atoms with van der Waals surface area (Å²) < 4.78 is 0. The Labute approximate surface area is 211 Å². The molecule has 2 atom stereocenters. The van der Waals surface area contributed by atoms with Crippen LogP contribution in [-0.4, -0.2) is 46.3 Å². The van der Waals surface area contributed by atoms with Crippen LogP contribution >= 0.6 is 0 Å². The molecule has 0 aliphatic rings. The average Bonchev–Trinajstić information content (AvgIpc) is 2.64. The number of aliphatic carboxylic acids is 2. The highest BCUT2D eigenvalue weighted by molar-refractivity contribution is 5.73. The van der Waals surface area contributed by atoms with Gasteiger partial charge in [0.05, 0.1) is 0 Å². The van der Waals surface area contributed by atoms with Crippen LogP contribution in [0.2, 0.25) is 0 Å². The van der Waals surface area contributed by atoms with Crippen molar-refractivity contribution in [3.8, 4) is 0 Å². The number of hydrogen-bond acceptors (Lipinski definition) is 4. The van der Waals surface area contributed by atoms with Gasteiger partial charge in [0.15, 0.2) is 0 Å². The van der Waals surface area contributed by atoms with Crippen molar-refractivity contribution < 1.29 is 19.8 Å². The molecule has 0 saturated heterocycles. The third kappa shape index (κ3) is 12.5. The van der Waals surface area contributed by atoms with E-state index in [1.54, 1.807) is 13.8 Å². The molecule has 0 heterocycles. The molecule has 0 aromatic carbocycles. The molecule has 0 amide bonds. The van der Waals surface area contributed by atoms with Crippen LogP contribution in [0.5, 0.6) is 0 Å². The predicted molar refractivity (Wildman–Crippen MR) is 144 cm³/mol. The molecule has 0 radical (unpaired) electrons. The molecule has 34 heavy (non-hydrogen) atoms. The Bertz CT molecular complexity index is 529. The van der Waals surface area contributed by atoms with Crippen molar-refractivity contribution in [1.82, 2.24) is 10.6 Å². The molecular formula is C28H58N2O4. The zero-order valence-electron chi connectivity index (χ0n) is 24.6. The average molecular weight is 487 g/mol. The van der Waals surface area contributed by atoms with Crippen LogP contribution in [0.3, 0.4) is 0 Å². The largest absolute Gasteiger partial charge is 0.480 e. The van der Waals surface area contributed by atoms with E-state index in [4.69, 9.17) is 5.11 Å². The Hall–Kier alpha value is -1.14. The van der Waals surface area contributed by atoms with E-state index in [1.165, 1.54) is 0 Å². The van der Waals surface area contributed by atoms with Crippen LogP contribution in [0.4, 0.5) is 0 Å².